The molecule has 2 rings (SSSR count). The lowest BCUT2D eigenvalue weighted by molar-refractivity contribution is 0.226. The van der Waals surface area contributed by atoms with Crippen molar-refractivity contribution in [3.8, 4) is 0 Å². The van der Waals surface area contributed by atoms with Crippen LogP contribution in [-0.4, -0.2) is 34.7 Å². The van der Waals surface area contributed by atoms with Crippen molar-refractivity contribution < 1.29 is 0 Å². The summed E-state index contributed by atoms with van der Waals surface area (Å²) in [5, 5.41) is 13.7. The third kappa shape index (κ3) is 3.42. The third-order valence-corrected chi connectivity index (χ3v) is 4.52. The smallest absolute Gasteiger partial charge is 0.205 e. The van der Waals surface area contributed by atoms with E-state index in [2.05, 4.69) is 48.1 Å². The van der Waals surface area contributed by atoms with Crippen LogP contribution in [0.3, 0.4) is 0 Å². The zero-order valence-corrected chi connectivity index (χ0v) is 12.7. The Hall–Kier alpha value is -0.680. The second-order valence-corrected chi connectivity index (χ2v) is 7.18. The van der Waals surface area contributed by atoms with Crippen molar-refractivity contribution in [2.24, 2.45) is 11.3 Å². The molecule has 1 aromatic rings. The quantitative estimate of drug-likeness (QED) is 0.911. The molecule has 2 heterocycles. The van der Waals surface area contributed by atoms with Gasteiger partial charge in [0.1, 0.15) is 5.01 Å². The van der Waals surface area contributed by atoms with Gasteiger partial charge in [0.25, 0.3) is 0 Å². The maximum Gasteiger partial charge on any atom is 0.205 e. The molecule has 1 aliphatic heterocycles. The van der Waals surface area contributed by atoms with E-state index in [1.165, 1.54) is 19.5 Å². The molecule has 0 amide bonds. The largest absolute Gasteiger partial charge is 0.360 e. The molecule has 0 saturated carbocycles. The number of hydrogen-bond donors (Lipinski definition) is 1. The number of rotatable bonds is 4. The molecule has 0 radical (unpaired) electrons. The maximum absolute atomic E-state index is 4.25. The van der Waals surface area contributed by atoms with Crippen LogP contribution < -0.4 is 5.32 Å². The van der Waals surface area contributed by atoms with E-state index < -0.39 is 0 Å². The van der Waals surface area contributed by atoms with Crippen LogP contribution in [0.2, 0.25) is 0 Å². The van der Waals surface area contributed by atoms with Crippen molar-refractivity contribution in [2.45, 2.75) is 40.7 Å². The van der Waals surface area contributed by atoms with Gasteiger partial charge in [-0.3, -0.25) is 4.90 Å². The highest BCUT2D eigenvalue weighted by molar-refractivity contribution is 7.15. The number of nitrogens with zero attached hydrogens (tertiary/aromatic N) is 3. The lowest BCUT2D eigenvalue weighted by atomic mass is 9.80. The van der Waals surface area contributed by atoms with Gasteiger partial charge in [-0.2, -0.15) is 0 Å². The van der Waals surface area contributed by atoms with Gasteiger partial charge in [-0.25, -0.2) is 0 Å². The van der Waals surface area contributed by atoms with E-state index >= 15 is 0 Å². The van der Waals surface area contributed by atoms with Gasteiger partial charge < -0.3 is 5.32 Å². The molecule has 0 bridgehead atoms. The number of anilines is 1. The fourth-order valence-corrected chi connectivity index (χ4v) is 3.26. The zero-order valence-electron chi connectivity index (χ0n) is 11.9. The van der Waals surface area contributed by atoms with E-state index in [-0.39, 0.29) is 0 Å². The predicted molar refractivity (Wildman–Crippen MR) is 76.9 cm³/mol. The minimum Gasteiger partial charge on any atom is -0.360 e. The Morgan fingerprint density at radius 1 is 1.39 bits per heavy atom. The predicted octanol–water partition coefficient (Wildman–Crippen LogP) is 2.84. The van der Waals surface area contributed by atoms with Gasteiger partial charge in [-0.1, -0.05) is 32.1 Å². The Balaban J connectivity index is 1.87. The summed E-state index contributed by atoms with van der Waals surface area (Å²) in [5.41, 5.74) is 0.421. The van der Waals surface area contributed by atoms with Crippen molar-refractivity contribution in [1.29, 1.82) is 0 Å². The van der Waals surface area contributed by atoms with E-state index in [9.17, 15) is 0 Å². The van der Waals surface area contributed by atoms with Crippen LogP contribution in [0.4, 0.5) is 5.13 Å². The van der Waals surface area contributed by atoms with Gasteiger partial charge in [0.05, 0.1) is 6.54 Å². The van der Waals surface area contributed by atoms with Gasteiger partial charge in [0, 0.05) is 13.1 Å². The molecular weight excluding hydrogens is 244 g/mol. The van der Waals surface area contributed by atoms with Crippen molar-refractivity contribution in [2.75, 3.05) is 25.0 Å². The Morgan fingerprint density at radius 2 is 2.17 bits per heavy atom. The van der Waals surface area contributed by atoms with Crippen molar-refractivity contribution in [3.05, 3.63) is 5.01 Å². The van der Waals surface area contributed by atoms with Gasteiger partial charge in [0.15, 0.2) is 0 Å². The number of aromatic nitrogens is 2. The first kappa shape index (κ1) is 13.7. The summed E-state index contributed by atoms with van der Waals surface area (Å²) in [6.45, 7) is 13.4. The maximum atomic E-state index is 4.25. The van der Waals surface area contributed by atoms with Crippen LogP contribution in [0.5, 0.6) is 0 Å². The average Bonchev–Trinajstić information content (AvgIpc) is 2.88. The summed E-state index contributed by atoms with van der Waals surface area (Å²) in [5.74, 6) is 0.804. The summed E-state index contributed by atoms with van der Waals surface area (Å²) >= 11 is 1.68. The number of nitrogens with one attached hydrogen (secondary N) is 1. The fraction of sp³-hybridized carbons (Fsp3) is 0.846. The lowest BCUT2D eigenvalue weighted by Crippen LogP contribution is -2.25. The van der Waals surface area contributed by atoms with E-state index in [0.29, 0.717) is 5.41 Å². The topological polar surface area (TPSA) is 41.1 Å². The Bertz CT molecular complexity index is 383. The van der Waals surface area contributed by atoms with Gasteiger partial charge in [0.2, 0.25) is 5.13 Å². The van der Waals surface area contributed by atoms with Crippen LogP contribution in [0.15, 0.2) is 0 Å². The SMILES string of the molecule is CCNc1nnc(CN2CCC(C(C)(C)C)C2)s1. The van der Waals surface area contributed by atoms with Gasteiger partial charge in [-0.15, -0.1) is 10.2 Å². The first-order valence-electron chi connectivity index (χ1n) is 6.77. The normalized spacial score (nSPS) is 21.4. The van der Waals surface area contributed by atoms with Gasteiger partial charge >= 0.3 is 0 Å². The molecule has 1 aliphatic rings. The summed E-state index contributed by atoms with van der Waals surface area (Å²) in [6.07, 6.45) is 1.31. The molecule has 0 aromatic carbocycles. The number of hydrogen-bond acceptors (Lipinski definition) is 5. The highest BCUT2D eigenvalue weighted by Gasteiger charge is 2.31. The molecule has 5 heteroatoms. The summed E-state index contributed by atoms with van der Waals surface area (Å²) in [7, 11) is 0. The molecule has 102 valence electrons. The lowest BCUT2D eigenvalue weighted by Gasteiger charge is -2.26. The van der Waals surface area contributed by atoms with Crippen molar-refractivity contribution >= 4 is 16.5 Å². The monoisotopic (exact) mass is 268 g/mol. The van der Waals surface area contributed by atoms with Crippen LogP contribution in [0.25, 0.3) is 0 Å². The van der Waals surface area contributed by atoms with Crippen LogP contribution in [0, 0.1) is 11.3 Å². The van der Waals surface area contributed by atoms with Crippen LogP contribution in [0.1, 0.15) is 39.1 Å². The molecule has 0 spiro atoms. The number of likely N-dealkylation sites (tertiary alicyclic amines) is 1. The second-order valence-electron chi connectivity index (χ2n) is 6.12. The standard InChI is InChI=1S/C13H24N4S/c1-5-14-12-16-15-11(18-12)9-17-7-6-10(8-17)13(2,3)4/h10H,5-9H2,1-4H3,(H,14,16). The molecule has 0 aliphatic carbocycles. The Morgan fingerprint density at radius 3 is 2.78 bits per heavy atom. The first-order chi connectivity index (χ1) is 8.49. The minimum absolute atomic E-state index is 0.421. The molecule has 18 heavy (non-hydrogen) atoms. The molecule has 1 fully saturated rings. The zero-order chi connectivity index (χ0) is 13.2. The van der Waals surface area contributed by atoms with E-state index in [0.717, 1.165) is 29.1 Å². The molecule has 1 N–H and O–H groups in total. The van der Waals surface area contributed by atoms with Crippen LogP contribution in [-0.2, 0) is 6.54 Å². The summed E-state index contributed by atoms with van der Waals surface area (Å²) in [6, 6.07) is 0. The highest BCUT2D eigenvalue weighted by atomic mass is 32.1. The minimum atomic E-state index is 0.421. The second kappa shape index (κ2) is 5.53. The average molecular weight is 268 g/mol. The molecule has 4 nitrogen and oxygen atoms in total. The summed E-state index contributed by atoms with van der Waals surface area (Å²) < 4.78 is 0. The molecule has 1 atom stereocenters. The van der Waals surface area contributed by atoms with Crippen molar-refractivity contribution in [1.82, 2.24) is 15.1 Å². The van der Waals surface area contributed by atoms with E-state index in [1.54, 1.807) is 11.3 Å². The summed E-state index contributed by atoms with van der Waals surface area (Å²) in [4.78, 5) is 2.51. The Labute approximate surface area is 114 Å². The molecular formula is C13H24N4S. The third-order valence-electron chi connectivity index (χ3n) is 3.65. The van der Waals surface area contributed by atoms with Crippen LogP contribution >= 0.6 is 11.3 Å². The highest BCUT2D eigenvalue weighted by Crippen LogP contribution is 2.34. The van der Waals surface area contributed by atoms with Crippen molar-refractivity contribution in [3.63, 3.8) is 0 Å². The first-order valence-corrected chi connectivity index (χ1v) is 7.59. The van der Waals surface area contributed by atoms with Gasteiger partial charge in [-0.05, 0) is 31.2 Å². The fourth-order valence-electron chi connectivity index (χ4n) is 2.41. The molecule has 1 saturated heterocycles. The van der Waals surface area contributed by atoms with E-state index in [1.807, 2.05) is 0 Å². The Kier molecular flexibility index (Phi) is 4.22. The molecule has 1 unspecified atom stereocenters. The molecule has 1 aromatic heterocycles. The van der Waals surface area contributed by atoms with E-state index in [4.69, 9.17) is 0 Å².